The second-order valence-corrected chi connectivity index (χ2v) is 6.41. The molecule has 2 N–H and O–H groups in total. The first-order chi connectivity index (χ1) is 6.86. The van der Waals surface area contributed by atoms with Gasteiger partial charge in [-0.25, -0.2) is 8.42 Å². The molecule has 1 aliphatic rings. The molecule has 1 aliphatic carbocycles. The lowest BCUT2D eigenvalue weighted by Crippen LogP contribution is -2.51. The zero-order valence-electron chi connectivity index (χ0n) is 8.82. The Kier molecular flexibility index (Phi) is 3.72. The summed E-state index contributed by atoms with van der Waals surface area (Å²) in [6, 6.07) is 0. The molecule has 1 fully saturated rings. The van der Waals surface area contributed by atoms with E-state index in [1.54, 1.807) is 0 Å². The highest BCUT2D eigenvalue weighted by molar-refractivity contribution is 7.90. The summed E-state index contributed by atoms with van der Waals surface area (Å²) in [5, 5.41) is 12.0. The van der Waals surface area contributed by atoms with E-state index in [1.165, 1.54) is 0 Å². The summed E-state index contributed by atoms with van der Waals surface area (Å²) < 4.78 is 21.8. The number of rotatable bonds is 5. The van der Waals surface area contributed by atoms with Crippen molar-refractivity contribution in [2.45, 2.75) is 31.2 Å². The Hall–Kier alpha value is -0.620. The monoisotopic (exact) mass is 235 g/mol. The largest absolute Gasteiger partial charge is 0.480 e. The van der Waals surface area contributed by atoms with Gasteiger partial charge in [0.2, 0.25) is 0 Å². The van der Waals surface area contributed by atoms with Gasteiger partial charge in [-0.05, 0) is 12.8 Å². The van der Waals surface area contributed by atoms with Crippen LogP contribution in [0.2, 0.25) is 0 Å². The summed E-state index contributed by atoms with van der Waals surface area (Å²) in [5.74, 6) is -0.879. The molecule has 6 heteroatoms. The summed E-state index contributed by atoms with van der Waals surface area (Å²) in [5.41, 5.74) is -0.884. The van der Waals surface area contributed by atoms with E-state index in [0.717, 1.165) is 19.1 Å². The average molecular weight is 235 g/mol. The van der Waals surface area contributed by atoms with E-state index in [0.29, 0.717) is 12.8 Å². The zero-order valence-corrected chi connectivity index (χ0v) is 9.64. The van der Waals surface area contributed by atoms with Gasteiger partial charge in [0.1, 0.15) is 15.4 Å². The molecule has 0 aromatic heterocycles. The maximum Gasteiger partial charge on any atom is 0.323 e. The van der Waals surface area contributed by atoms with E-state index >= 15 is 0 Å². The molecule has 0 spiro atoms. The van der Waals surface area contributed by atoms with E-state index in [2.05, 4.69) is 5.32 Å². The van der Waals surface area contributed by atoms with Crippen LogP contribution in [-0.2, 0) is 14.6 Å². The molecule has 0 aromatic carbocycles. The fraction of sp³-hybridized carbons (Fsp3) is 0.889. The fourth-order valence-corrected chi connectivity index (χ4v) is 2.39. The molecule has 88 valence electrons. The summed E-state index contributed by atoms with van der Waals surface area (Å²) in [6.45, 7) is 0.213. The van der Waals surface area contributed by atoms with Crippen molar-refractivity contribution in [1.82, 2.24) is 5.32 Å². The number of carboxylic acids is 1. The van der Waals surface area contributed by atoms with Crippen LogP contribution < -0.4 is 5.32 Å². The van der Waals surface area contributed by atoms with E-state index in [9.17, 15) is 13.2 Å². The lowest BCUT2D eigenvalue weighted by molar-refractivity contribution is -0.144. The maximum absolute atomic E-state index is 11.1. The van der Waals surface area contributed by atoms with Crippen LogP contribution in [0.3, 0.4) is 0 Å². The molecular formula is C9H17NO4S. The minimum absolute atomic E-state index is 0.0119. The number of hydrogen-bond acceptors (Lipinski definition) is 4. The number of sulfone groups is 1. The van der Waals surface area contributed by atoms with Crippen molar-refractivity contribution >= 4 is 15.8 Å². The van der Waals surface area contributed by atoms with E-state index in [-0.39, 0.29) is 12.3 Å². The van der Waals surface area contributed by atoms with Crippen molar-refractivity contribution in [2.75, 3.05) is 18.6 Å². The van der Waals surface area contributed by atoms with Crippen LogP contribution in [0, 0.1) is 0 Å². The predicted molar refractivity (Wildman–Crippen MR) is 56.5 cm³/mol. The van der Waals surface area contributed by atoms with Gasteiger partial charge in [0.25, 0.3) is 0 Å². The van der Waals surface area contributed by atoms with Crippen molar-refractivity contribution in [3.8, 4) is 0 Å². The van der Waals surface area contributed by atoms with E-state index in [1.807, 2.05) is 0 Å². The smallest absolute Gasteiger partial charge is 0.323 e. The van der Waals surface area contributed by atoms with Crippen LogP contribution in [0.1, 0.15) is 25.7 Å². The first-order valence-corrected chi connectivity index (χ1v) is 7.08. The Labute approximate surface area is 89.8 Å². The number of carbonyl (C=O) groups is 1. The van der Waals surface area contributed by atoms with Crippen molar-refractivity contribution in [1.29, 1.82) is 0 Å². The molecule has 0 amide bonds. The van der Waals surface area contributed by atoms with Gasteiger partial charge >= 0.3 is 5.97 Å². The number of aliphatic carboxylic acids is 1. The summed E-state index contributed by atoms with van der Waals surface area (Å²) in [7, 11) is -3.02. The molecule has 0 aliphatic heterocycles. The van der Waals surface area contributed by atoms with Crippen LogP contribution in [0.25, 0.3) is 0 Å². The standard InChI is InChI=1S/C9H17NO4S/c1-15(13,14)7-6-10-9(8(11)12)4-2-3-5-9/h10H,2-7H2,1H3,(H,11,12). The summed E-state index contributed by atoms with van der Waals surface area (Å²) in [6.07, 6.45) is 4.10. The first kappa shape index (κ1) is 12.4. The van der Waals surface area contributed by atoms with Gasteiger partial charge in [0.15, 0.2) is 0 Å². The van der Waals surface area contributed by atoms with Gasteiger partial charge in [0, 0.05) is 12.8 Å². The van der Waals surface area contributed by atoms with E-state index < -0.39 is 21.3 Å². The normalized spacial score (nSPS) is 20.3. The Bertz CT molecular complexity index is 330. The molecule has 1 rings (SSSR count). The molecule has 0 atom stereocenters. The number of nitrogens with one attached hydrogen (secondary N) is 1. The van der Waals surface area contributed by atoms with Crippen molar-refractivity contribution in [3.63, 3.8) is 0 Å². The molecule has 1 saturated carbocycles. The molecule has 0 saturated heterocycles. The SMILES string of the molecule is CS(=O)(=O)CCNC1(C(=O)O)CCCC1. The van der Waals surface area contributed by atoms with Gasteiger partial charge in [-0.2, -0.15) is 0 Å². The van der Waals surface area contributed by atoms with Crippen LogP contribution in [0.4, 0.5) is 0 Å². The van der Waals surface area contributed by atoms with Gasteiger partial charge in [-0.3, -0.25) is 4.79 Å². The summed E-state index contributed by atoms with van der Waals surface area (Å²) >= 11 is 0. The third-order valence-electron chi connectivity index (χ3n) is 2.80. The highest BCUT2D eigenvalue weighted by Gasteiger charge is 2.40. The third-order valence-corrected chi connectivity index (χ3v) is 3.75. The fourth-order valence-electron chi connectivity index (χ4n) is 1.92. The molecular weight excluding hydrogens is 218 g/mol. The highest BCUT2D eigenvalue weighted by atomic mass is 32.2. The Morgan fingerprint density at radius 2 is 1.93 bits per heavy atom. The van der Waals surface area contributed by atoms with Crippen LogP contribution in [0.5, 0.6) is 0 Å². The van der Waals surface area contributed by atoms with Crippen molar-refractivity contribution in [2.24, 2.45) is 0 Å². The summed E-state index contributed by atoms with van der Waals surface area (Å²) in [4.78, 5) is 11.1. The quantitative estimate of drug-likeness (QED) is 0.701. The second kappa shape index (κ2) is 4.49. The lowest BCUT2D eigenvalue weighted by Gasteiger charge is -2.25. The van der Waals surface area contributed by atoms with Gasteiger partial charge < -0.3 is 10.4 Å². The Morgan fingerprint density at radius 1 is 1.40 bits per heavy atom. The first-order valence-electron chi connectivity index (χ1n) is 5.02. The van der Waals surface area contributed by atoms with Crippen LogP contribution in [-0.4, -0.2) is 43.6 Å². The van der Waals surface area contributed by atoms with Crippen LogP contribution in [0.15, 0.2) is 0 Å². The molecule has 5 nitrogen and oxygen atoms in total. The molecule has 0 unspecified atom stereocenters. The minimum Gasteiger partial charge on any atom is -0.480 e. The lowest BCUT2D eigenvalue weighted by atomic mass is 9.98. The van der Waals surface area contributed by atoms with E-state index in [4.69, 9.17) is 5.11 Å². The second-order valence-electron chi connectivity index (χ2n) is 4.15. The molecule has 0 heterocycles. The Morgan fingerprint density at radius 3 is 2.33 bits per heavy atom. The topological polar surface area (TPSA) is 83.5 Å². The molecule has 0 aromatic rings. The molecule has 0 bridgehead atoms. The van der Waals surface area contributed by atoms with Gasteiger partial charge in [-0.1, -0.05) is 12.8 Å². The highest BCUT2D eigenvalue weighted by Crippen LogP contribution is 2.29. The number of carboxylic acid groups (broad SMARTS) is 1. The molecule has 15 heavy (non-hydrogen) atoms. The number of hydrogen-bond donors (Lipinski definition) is 2. The van der Waals surface area contributed by atoms with Crippen LogP contribution >= 0.6 is 0 Å². The van der Waals surface area contributed by atoms with Crippen molar-refractivity contribution in [3.05, 3.63) is 0 Å². The average Bonchev–Trinajstić information content (AvgIpc) is 2.51. The predicted octanol–water partition coefficient (Wildman–Crippen LogP) is 0.0180. The maximum atomic E-state index is 11.1. The third kappa shape index (κ3) is 3.46. The van der Waals surface area contributed by atoms with Crippen molar-refractivity contribution < 1.29 is 18.3 Å². The Balaban J connectivity index is 2.50. The van der Waals surface area contributed by atoms with Gasteiger partial charge in [0.05, 0.1) is 5.75 Å². The van der Waals surface area contributed by atoms with Gasteiger partial charge in [-0.15, -0.1) is 0 Å². The minimum atomic E-state index is -3.02. The molecule has 0 radical (unpaired) electrons. The zero-order chi connectivity index (χ0) is 11.5.